The fourth-order valence-corrected chi connectivity index (χ4v) is 2.82. The molecule has 0 spiro atoms. The number of benzene rings is 1. The topological polar surface area (TPSA) is 49.8 Å². The summed E-state index contributed by atoms with van der Waals surface area (Å²) in [6, 6.07) is 8.78. The van der Waals surface area contributed by atoms with Crippen LogP contribution in [0.25, 0.3) is 0 Å². The van der Waals surface area contributed by atoms with Crippen LogP contribution >= 0.6 is 0 Å². The van der Waals surface area contributed by atoms with Gasteiger partial charge in [-0.3, -0.25) is 0 Å². The van der Waals surface area contributed by atoms with Crippen LogP contribution in [0.15, 0.2) is 30.3 Å². The molecule has 1 saturated heterocycles. The van der Waals surface area contributed by atoms with Gasteiger partial charge in [0.05, 0.1) is 5.69 Å². The van der Waals surface area contributed by atoms with E-state index in [2.05, 4.69) is 20.6 Å². The minimum absolute atomic E-state index is 0.197. The highest BCUT2D eigenvalue weighted by Crippen LogP contribution is 2.23. The Labute approximate surface area is 130 Å². The molecule has 1 aromatic heterocycles. The van der Waals surface area contributed by atoms with E-state index in [1.807, 2.05) is 19.1 Å². The zero-order valence-electron chi connectivity index (χ0n) is 12.8. The van der Waals surface area contributed by atoms with Crippen molar-refractivity contribution in [3.05, 3.63) is 53.2 Å². The quantitative estimate of drug-likeness (QED) is 0.911. The van der Waals surface area contributed by atoms with Gasteiger partial charge in [0.25, 0.3) is 0 Å². The molecule has 1 aliphatic rings. The largest absolute Gasteiger partial charge is 0.366 e. The van der Waals surface area contributed by atoms with Crippen LogP contribution in [0.1, 0.15) is 35.8 Å². The zero-order chi connectivity index (χ0) is 15.4. The van der Waals surface area contributed by atoms with Crippen LogP contribution < -0.4 is 10.6 Å². The molecule has 22 heavy (non-hydrogen) atoms. The van der Waals surface area contributed by atoms with E-state index in [4.69, 9.17) is 0 Å². The van der Waals surface area contributed by atoms with Gasteiger partial charge in [-0.1, -0.05) is 18.2 Å². The zero-order valence-corrected chi connectivity index (χ0v) is 12.8. The smallest absolute Gasteiger partial charge is 0.130 e. The van der Waals surface area contributed by atoms with E-state index in [-0.39, 0.29) is 5.82 Å². The molecule has 2 N–H and O–H groups in total. The highest BCUT2D eigenvalue weighted by atomic mass is 19.1. The Morgan fingerprint density at radius 3 is 2.95 bits per heavy atom. The standard InChI is InChI=1S/C17H21FN4/c1-12-21-16(14-6-4-8-19-10-14)9-17(22-12)20-11-13-5-2-3-7-15(13)18/h2-3,5,7,9,14,19H,4,6,8,10-11H2,1H3,(H,20,21,22). The number of nitrogens with zero attached hydrogens (tertiary/aromatic N) is 2. The van der Waals surface area contributed by atoms with E-state index in [1.165, 1.54) is 12.5 Å². The first-order valence-corrected chi connectivity index (χ1v) is 7.76. The monoisotopic (exact) mass is 300 g/mol. The number of hydrogen-bond donors (Lipinski definition) is 2. The molecule has 1 aromatic carbocycles. The van der Waals surface area contributed by atoms with Gasteiger partial charge in [-0.2, -0.15) is 0 Å². The summed E-state index contributed by atoms with van der Waals surface area (Å²) in [4.78, 5) is 8.97. The van der Waals surface area contributed by atoms with Gasteiger partial charge in [-0.15, -0.1) is 0 Å². The van der Waals surface area contributed by atoms with E-state index in [0.29, 0.717) is 18.0 Å². The van der Waals surface area contributed by atoms with E-state index in [0.717, 1.165) is 36.8 Å². The predicted octanol–water partition coefficient (Wildman–Crippen LogP) is 3.00. The number of piperidine rings is 1. The van der Waals surface area contributed by atoms with E-state index in [1.54, 1.807) is 12.1 Å². The average molecular weight is 300 g/mol. The summed E-state index contributed by atoms with van der Waals surface area (Å²) < 4.78 is 13.7. The van der Waals surface area contributed by atoms with Crippen molar-refractivity contribution < 1.29 is 4.39 Å². The number of hydrogen-bond acceptors (Lipinski definition) is 4. The van der Waals surface area contributed by atoms with E-state index < -0.39 is 0 Å². The number of nitrogens with one attached hydrogen (secondary N) is 2. The second-order valence-electron chi connectivity index (χ2n) is 5.71. The van der Waals surface area contributed by atoms with Gasteiger partial charge in [0.1, 0.15) is 17.5 Å². The van der Waals surface area contributed by atoms with Crippen molar-refractivity contribution in [3.8, 4) is 0 Å². The number of rotatable bonds is 4. The summed E-state index contributed by atoms with van der Waals surface area (Å²) in [5, 5.41) is 6.62. The Bertz CT molecular complexity index is 638. The van der Waals surface area contributed by atoms with Crippen LogP contribution in [0.4, 0.5) is 10.2 Å². The normalized spacial score (nSPS) is 18.2. The van der Waals surface area contributed by atoms with Gasteiger partial charge in [0.15, 0.2) is 0 Å². The molecular formula is C17H21FN4. The molecule has 0 radical (unpaired) electrons. The minimum Gasteiger partial charge on any atom is -0.366 e. The molecule has 0 aliphatic carbocycles. The summed E-state index contributed by atoms with van der Waals surface area (Å²) in [5.41, 5.74) is 1.70. The predicted molar refractivity (Wildman–Crippen MR) is 85.3 cm³/mol. The first-order chi connectivity index (χ1) is 10.7. The van der Waals surface area contributed by atoms with Gasteiger partial charge >= 0.3 is 0 Å². The number of aromatic nitrogens is 2. The van der Waals surface area contributed by atoms with Crippen LogP contribution in [0.3, 0.4) is 0 Å². The first kappa shape index (κ1) is 14.9. The molecule has 2 heterocycles. The van der Waals surface area contributed by atoms with E-state index >= 15 is 0 Å². The molecule has 1 fully saturated rings. The lowest BCUT2D eigenvalue weighted by atomic mass is 9.96. The molecule has 5 heteroatoms. The summed E-state index contributed by atoms with van der Waals surface area (Å²) in [6.45, 7) is 4.36. The van der Waals surface area contributed by atoms with Crippen molar-refractivity contribution in [3.63, 3.8) is 0 Å². The molecule has 1 atom stereocenters. The summed E-state index contributed by atoms with van der Waals surface area (Å²) in [7, 11) is 0. The Hall–Kier alpha value is -2.01. The molecule has 1 aliphatic heterocycles. The molecule has 2 aromatic rings. The highest BCUT2D eigenvalue weighted by Gasteiger charge is 2.17. The van der Waals surface area contributed by atoms with Gasteiger partial charge in [0, 0.05) is 30.6 Å². The molecule has 116 valence electrons. The molecular weight excluding hydrogens is 279 g/mol. The highest BCUT2D eigenvalue weighted by molar-refractivity contribution is 5.38. The van der Waals surface area contributed by atoms with Crippen LogP contribution in [0.2, 0.25) is 0 Å². The maximum absolute atomic E-state index is 13.7. The minimum atomic E-state index is -0.197. The third-order valence-corrected chi connectivity index (χ3v) is 3.99. The van der Waals surface area contributed by atoms with Crippen LogP contribution in [0, 0.1) is 12.7 Å². The van der Waals surface area contributed by atoms with Gasteiger partial charge in [-0.25, -0.2) is 14.4 Å². The van der Waals surface area contributed by atoms with Gasteiger partial charge < -0.3 is 10.6 Å². The van der Waals surface area contributed by atoms with Gasteiger partial charge in [-0.05, 0) is 32.4 Å². The van der Waals surface area contributed by atoms with Crippen LogP contribution in [-0.2, 0) is 6.54 Å². The third-order valence-electron chi connectivity index (χ3n) is 3.99. The maximum Gasteiger partial charge on any atom is 0.130 e. The lowest BCUT2D eigenvalue weighted by molar-refractivity contribution is 0.453. The van der Waals surface area contributed by atoms with Crippen LogP contribution in [-0.4, -0.2) is 23.1 Å². The fraction of sp³-hybridized carbons (Fsp3) is 0.412. The molecule has 0 amide bonds. The summed E-state index contributed by atoms with van der Waals surface area (Å²) in [5.74, 6) is 1.75. The van der Waals surface area contributed by atoms with Crippen molar-refractivity contribution in [2.24, 2.45) is 0 Å². The van der Waals surface area contributed by atoms with Crippen molar-refractivity contribution in [2.75, 3.05) is 18.4 Å². The number of aryl methyl sites for hydroxylation is 1. The summed E-state index contributed by atoms with van der Waals surface area (Å²) >= 11 is 0. The Balaban J connectivity index is 1.73. The average Bonchev–Trinajstić information content (AvgIpc) is 2.54. The third kappa shape index (κ3) is 3.60. The Kier molecular flexibility index (Phi) is 4.63. The maximum atomic E-state index is 13.7. The Morgan fingerprint density at radius 1 is 1.32 bits per heavy atom. The lowest BCUT2D eigenvalue weighted by Crippen LogP contribution is -2.29. The molecule has 3 rings (SSSR count). The van der Waals surface area contributed by atoms with E-state index in [9.17, 15) is 4.39 Å². The Morgan fingerprint density at radius 2 is 2.18 bits per heavy atom. The SMILES string of the molecule is Cc1nc(NCc2ccccc2F)cc(C2CCCNC2)n1. The summed E-state index contributed by atoms with van der Waals surface area (Å²) in [6.07, 6.45) is 2.32. The fourth-order valence-electron chi connectivity index (χ4n) is 2.82. The number of halogens is 1. The van der Waals surface area contributed by atoms with Crippen molar-refractivity contribution in [1.82, 2.24) is 15.3 Å². The second kappa shape index (κ2) is 6.83. The van der Waals surface area contributed by atoms with Crippen molar-refractivity contribution in [2.45, 2.75) is 32.2 Å². The molecule has 0 bridgehead atoms. The molecule has 0 saturated carbocycles. The second-order valence-corrected chi connectivity index (χ2v) is 5.71. The van der Waals surface area contributed by atoms with Crippen LogP contribution in [0.5, 0.6) is 0 Å². The molecule has 4 nitrogen and oxygen atoms in total. The molecule has 1 unspecified atom stereocenters. The van der Waals surface area contributed by atoms with Crippen molar-refractivity contribution >= 4 is 5.82 Å². The van der Waals surface area contributed by atoms with Crippen molar-refractivity contribution in [1.29, 1.82) is 0 Å². The lowest BCUT2D eigenvalue weighted by Gasteiger charge is -2.22. The number of anilines is 1. The van der Waals surface area contributed by atoms with Gasteiger partial charge in [0.2, 0.25) is 0 Å². The first-order valence-electron chi connectivity index (χ1n) is 7.76.